The monoisotopic (exact) mass is 298 g/mol. The molecule has 0 bridgehead atoms. The van der Waals surface area contributed by atoms with Crippen molar-refractivity contribution in [3.05, 3.63) is 48.2 Å². The van der Waals surface area contributed by atoms with Crippen molar-refractivity contribution in [1.29, 1.82) is 0 Å². The van der Waals surface area contributed by atoms with Crippen LogP contribution in [0.25, 0.3) is 11.3 Å². The van der Waals surface area contributed by atoms with Gasteiger partial charge in [0.2, 0.25) is 0 Å². The van der Waals surface area contributed by atoms with Crippen LogP contribution < -0.4 is 5.19 Å². The molecule has 0 unspecified atom stereocenters. The Bertz CT molecular complexity index is 628. The molecular formula is C19H27NSi. The third kappa shape index (κ3) is 3.62. The van der Waals surface area contributed by atoms with Crippen molar-refractivity contribution in [2.45, 2.75) is 52.2 Å². The molecule has 112 valence electrons. The van der Waals surface area contributed by atoms with Crippen LogP contribution in [0, 0.1) is 0 Å². The SMILES string of the molecule is [2H]C(CC)(CC)c1cc(-c2ccccc2)ncc1[Si](C)(C)C. The second-order valence-corrected chi connectivity index (χ2v) is 11.6. The van der Waals surface area contributed by atoms with Gasteiger partial charge in [0.1, 0.15) is 0 Å². The first-order valence-electron chi connectivity index (χ1n) is 8.38. The molecule has 21 heavy (non-hydrogen) atoms. The average Bonchev–Trinajstić information content (AvgIpc) is 2.53. The summed E-state index contributed by atoms with van der Waals surface area (Å²) in [7, 11) is -1.53. The van der Waals surface area contributed by atoms with Crippen molar-refractivity contribution in [3.63, 3.8) is 0 Å². The summed E-state index contributed by atoms with van der Waals surface area (Å²) in [6.45, 7) is 11.2. The fourth-order valence-electron chi connectivity index (χ4n) is 2.74. The van der Waals surface area contributed by atoms with Crippen LogP contribution in [0.3, 0.4) is 0 Å². The quantitative estimate of drug-likeness (QED) is 0.692. The largest absolute Gasteiger partial charge is 0.256 e. The van der Waals surface area contributed by atoms with Crippen LogP contribution in [0.2, 0.25) is 19.6 Å². The molecule has 0 saturated carbocycles. The molecule has 0 atom stereocenters. The number of hydrogen-bond donors (Lipinski definition) is 0. The van der Waals surface area contributed by atoms with Gasteiger partial charge in [-0.25, -0.2) is 0 Å². The first-order valence-corrected chi connectivity index (χ1v) is 11.4. The van der Waals surface area contributed by atoms with Gasteiger partial charge in [-0.15, -0.1) is 0 Å². The number of pyridine rings is 1. The molecule has 0 radical (unpaired) electrons. The highest BCUT2D eigenvalue weighted by Crippen LogP contribution is 2.27. The Labute approximate surface area is 131 Å². The predicted octanol–water partition coefficient (Wildman–Crippen LogP) is 5.20. The van der Waals surface area contributed by atoms with Crippen LogP contribution >= 0.6 is 0 Å². The minimum absolute atomic E-state index is 0.512. The second-order valence-electron chi connectivity index (χ2n) is 6.54. The summed E-state index contributed by atoms with van der Waals surface area (Å²) < 4.78 is 8.93. The summed E-state index contributed by atoms with van der Waals surface area (Å²) in [5, 5.41) is 1.32. The summed E-state index contributed by atoms with van der Waals surface area (Å²) in [4.78, 5) is 4.71. The lowest BCUT2D eigenvalue weighted by molar-refractivity contribution is 0.644. The van der Waals surface area contributed by atoms with Crippen LogP contribution in [0.15, 0.2) is 42.6 Å². The van der Waals surface area contributed by atoms with Crippen LogP contribution in [-0.4, -0.2) is 13.1 Å². The number of hydrogen-bond acceptors (Lipinski definition) is 1. The highest BCUT2D eigenvalue weighted by Gasteiger charge is 2.24. The van der Waals surface area contributed by atoms with E-state index in [1.807, 2.05) is 24.4 Å². The minimum atomic E-state index is -1.53. The fourth-order valence-corrected chi connectivity index (χ4v) is 4.25. The van der Waals surface area contributed by atoms with Crippen LogP contribution in [0.5, 0.6) is 0 Å². The van der Waals surface area contributed by atoms with Gasteiger partial charge in [0.25, 0.3) is 0 Å². The Balaban J connectivity index is 2.66. The molecule has 0 amide bonds. The molecular weight excluding hydrogens is 270 g/mol. The topological polar surface area (TPSA) is 12.9 Å². The highest BCUT2D eigenvalue weighted by atomic mass is 28.3. The molecule has 0 aliphatic rings. The Morgan fingerprint density at radius 2 is 1.71 bits per heavy atom. The zero-order valence-electron chi connectivity index (χ0n) is 14.9. The number of aromatic nitrogens is 1. The third-order valence-electron chi connectivity index (χ3n) is 4.02. The van der Waals surface area contributed by atoms with Gasteiger partial charge in [0.05, 0.1) is 13.8 Å². The molecule has 0 fully saturated rings. The van der Waals surface area contributed by atoms with Crippen molar-refractivity contribution in [2.24, 2.45) is 0 Å². The third-order valence-corrected chi connectivity index (χ3v) is 6.03. The lowest BCUT2D eigenvalue weighted by Gasteiger charge is -2.25. The van der Waals surface area contributed by atoms with Crippen LogP contribution in [0.1, 0.15) is 39.5 Å². The number of rotatable bonds is 5. The number of nitrogens with zero attached hydrogens (tertiary/aromatic N) is 1. The van der Waals surface area contributed by atoms with E-state index < -0.39 is 14.0 Å². The Kier molecular flexibility index (Phi) is 4.54. The van der Waals surface area contributed by atoms with E-state index in [0.29, 0.717) is 0 Å². The van der Waals surface area contributed by atoms with E-state index in [2.05, 4.69) is 51.7 Å². The summed E-state index contributed by atoms with van der Waals surface area (Å²) in [6.07, 6.45) is 3.71. The summed E-state index contributed by atoms with van der Waals surface area (Å²) in [5.74, 6) is -0.512. The molecule has 0 saturated heterocycles. The van der Waals surface area contributed by atoms with Gasteiger partial charge in [-0.3, -0.25) is 4.98 Å². The molecule has 0 spiro atoms. The van der Waals surface area contributed by atoms with Crippen LogP contribution in [0.4, 0.5) is 0 Å². The van der Waals surface area contributed by atoms with E-state index in [1.54, 1.807) is 0 Å². The molecule has 1 aromatic carbocycles. The Morgan fingerprint density at radius 1 is 1.10 bits per heavy atom. The van der Waals surface area contributed by atoms with Gasteiger partial charge in [-0.2, -0.15) is 0 Å². The summed E-state index contributed by atoms with van der Waals surface area (Å²) in [6, 6.07) is 12.4. The van der Waals surface area contributed by atoms with Gasteiger partial charge in [-0.05, 0) is 35.6 Å². The first-order chi connectivity index (χ1) is 10.3. The summed E-state index contributed by atoms with van der Waals surface area (Å²) in [5.41, 5.74) is 3.29. The maximum atomic E-state index is 8.93. The number of benzene rings is 1. The zero-order valence-corrected chi connectivity index (χ0v) is 14.9. The molecule has 2 rings (SSSR count). The molecule has 1 heterocycles. The van der Waals surface area contributed by atoms with E-state index in [9.17, 15) is 0 Å². The second kappa shape index (κ2) is 6.57. The van der Waals surface area contributed by atoms with Gasteiger partial charge >= 0.3 is 0 Å². The molecule has 1 aromatic heterocycles. The van der Waals surface area contributed by atoms with E-state index in [0.717, 1.165) is 24.1 Å². The Morgan fingerprint density at radius 3 is 2.24 bits per heavy atom. The summed E-state index contributed by atoms with van der Waals surface area (Å²) >= 11 is 0. The average molecular weight is 299 g/mol. The smallest absolute Gasteiger partial charge is 0.0799 e. The van der Waals surface area contributed by atoms with Gasteiger partial charge in [-0.1, -0.05) is 63.8 Å². The zero-order chi connectivity index (χ0) is 16.4. The first kappa shape index (κ1) is 14.5. The van der Waals surface area contributed by atoms with E-state index >= 15 is 0 Å². The standard InChI is InChI=1S/C19H27NSi/c1-6-15(7-2)17-13-18(16-11-9-8-10-12-16)20-14-19(17)21(3,4)5/h8-15H,6-7H2,1-5H3/i15D. The van der Waals surface area contributed by atoms with Crippen molar-refractivity contribution < 1.29 is 1.37 Å². The maximum absolute atomic E-state index is 8.93. The molecule has 0 aliphatic carbocycles. The lowest BCUT2D eigenvalue weighted by Crippen LogP contribution is -2.41. The van der Waals surface area contributed by atoms with E-state index in [4.69, 9.17) is 6.35 Å². The van der Waals surface area contributed by atoms with E-state index in [1.165, 1.54) is 10.8 Å². The predicted molar refractivity (Wildman–Crippen MR) is 96.0 cm³/mol. The maximum Gasteiger partial charge on any atom is 0.0799 e. The van der Waals surface area contributed by atoms with Gasteiger partial charge in [0.15, 0.2) is 0 Å². The lowest BCUT2D eigenvalue weighted by atomic mass is 9.93. The van der Waals surface area contributed by atoms with Gasteiger partial charge < -0.3 is 0 Å². The minimum Gasteiger partial charge on any atom is -0.256 e. The molecule has 0 N–H and O–H groups in total. The highest BCUT2D eigenvalue weighted by molar-refractivity contribution is 6.89. The molecule has 2 heteroatoms. The fraction of sp³-hybridized carbons (Fsp3) is 0.421. The van der Waals surface area contributed by atoms with Crippen LogP contribution in [-0.2, 0) is 0 Å². The van der Waals surface area contributed by atoms with Gasteiger partial charge in [0, 0.05) is 13.1 Å². The molecule has 2 aromatic rings. The van der Waals surface area contributed by atoms with Crippen molar-refractivity contribution in [3.8, 4) is 11.3 Å². The van der Waals surface area contributed by atoms with Crippen molar-refractivity contribution >= 4 is 13.3 Å². The van der Waals surface area contributed by atoms with Crippen molar-refractivity contribution in [1.82, 2.24) is 4.98 Å². The van der Waals surface area contributed by atoms with Crippen molar-refractivity contribution in [2.75, 3.05) is 0 Å². The normalized spacial score (nSPS) is 13.1. The molecule has 1 nitrogen and oxygen atoms in total. The molecule has 0 aliphatic heterocycles. The Hall–Kier alpha value is -1.41. The van der Waals surface area contributed by atoms with E-state index in [-0.39, 0.29) is 0 Å².